The number of aryl methyl sites for hydroxylation is 2. The molecule has 68 valence electrons. The number of hydrogen-bond acceptors (Lipinski definition) is 3. The molecule has 0 aliphatic rings. The summed E-state index contributed by atoms with van der Waals surface area (Å²) in [5.74, 6) is 0. The Balaban J connectivity index is 2.01. The lowest BCUT2D eigenvalue weighted by Crippen LogP contribution is -2.19. The minimum Gasteiger partial charge on any atom is -0.313 e. The molecule has 6 heteroatoms. The Labute approximate surface area is 73.8 Å². The SMILES string of the molecule is O=c1[nH]ccn1CCn1ccnn1. The molecule has 0 aliphatic carbocycles. The van der Waals surface area contributed by atoms with Crippen LogP contribution in [0.15, 0.2) is 29.6 Å². The van der Waals surface area contributed by atoms with E-state index in [0.29, 0.717) is 13.1 Å². The molecule has 0 radical (unpaired) electrons. The summed E-state index contributed by atoms with van der Waals surface area (Å²) in [5, 5.41) is 7.45. The van der Waals surface area contributed by atoms with Gasteiger partial charge < -0.3 is 4.98 Å². The lowest BCUT2D eigenvalue weighted by Gasteiger charge is -1.99. The number of nitrogens with zero attached hydrogens (tertiary/aromatic N) is 4. The number of imidazole rings is 1. The fourth-order valence-electron chi connectivity index (χ4n) is 1.09. The van der Waals surface area contributed by atoms with Crippen molar-refractivity contribution in [2.24, 2.45) is 0 Å². The van der Waals surface area contributed by atoms with Gasteiger partial charge in [-0.05, 0) is 0 Å². The summed E-state index contributed by atoms with van der Waals surface area (Å²) >= 11 is 0. The molecule has 1 N–H and O–H groups in total. The highest BCUT2D eigenvalue weighted by Gasteiger charge is 1.96. The molecule has 2 aromatic heterocycles. The van der Waals surface area contributed by atoms with Crippen LogP contribution >= 0.6 is 0 Å². The molecule has 0 aromatic carbocycles. The Morgan fingerprint density at radius 1 is 1.38 bits per heavy atom. The Hall–Kier alpha value is -1.85. The molecule has 0 bridgehead atoms. The molecule has 0 saturated heterocycles. The van der Waals surface area contributed by atoms with Gasteiger partial charge in [-0.2, -0.15) is 0 Å². The fourth-order valence-corrected chi connectivity index (χ4v) is 1.09. The van der Waals surface area contributed by atoms with E-state index in [1.165, 1.54) is 0 Å². The van der Waals surface area contributed by atoms with Gasteiger partial charge in [0.05, 0.1) is 12.7 Å². The molecule has 0 atom stereocenters. The van der Waals surface area contributed by atoms with E-state index in [9.17, 15) is 4.79 Å². The molecule has 0 saturated carbocycles. The largest absolute Gasteiger partial charge is 0.325 e. The summed E-state index contributed by atoms with van der Waals surface area (Å²) in [6.07, 6.45) is 6.69. The molecule has 2 heterocycles. The van der Waals surface area contributed by atoms with Crippen LogP contribution in [0.1, 0.15) is 0 Å². The van der Waals surface area contributed by atoms with Crippen molar-refractivity contribution in [2.45, 2.75) is 13.1 Å². The van der Waals surface area contributed by atoms with E-state index < -0.39 is 0 Å². The average Bonchev–Trinajstić information content (AvgIpc) is 2.72. The van der Waals surface area contributed by atoms with Gasteiger partial charge in [0, 0.05) is 25.1 Å². The van der Waals surface area contributed by atoms with Crippen LogP contribution in [0.3, 0.4) is 0 Å². The first-order valence-electron chi connectivity index (χ1n) is 3.94. The van der Waals surface area contributed by atoms with Crippen molar-refractivity contribution in [2.75, 3.05) is 0 Å². The zero-order valence-corrected chi connectivity index (χ0v) is 6.92. The van der Waals surface area contributed by atoms with Gasteiger partial charge in [0.15, 0.2) is 0 Å². The zero-order chi connectivity index (χ0) is 9.10. The van der Waals surface area contributed by atoms with Gasteiger partial charge in [-0.15, -0.1) is 5.10 Å². The maximum Gasteiger partial charge on any atom is 0.325 e. The molecule has 0 amide bonds. The average molecular weight is 179 g/mol. The minimum atomic E-state index is -0.0971. The van der Waals surface area contributed by atoms with E-state index in [0.717, 1.165) is 0 Å². The van der Waals surface area contributed by atoms with Crippen LogP contribution in [0.4, 0.5) is 0 Å². The molecule has 13 heavy (non-hydrogen) atoms. The number of H-pyrrole nitrogens is 1. The lowest BCUT2D eigenvalue weighted by atomic mass is 10.6. The van der Waals surface area contributed by atoms with Crippen molar-refractivity contribution >= 4 is 0 Å². The molecular weight excluding hydrogens is 170 g/mol. The molecule has 2 rings (SSSR count). The first-order valence-corrected chi connectivity index (χ1v) is 3.94. The molecular formula is C7H9N5O. The third kappa shape index (κ3) is 1.66. The van der Waals surface area contributed by atoms with Crippen LogP contribution in [-0.2, 0) is 13.1 Å². The quantitative estimate of drug-likeness (QED) is 0.688. The standard InChI is InChI=1S/C7H9N5O/c13-7-8-1-3-11(7)5-6-12-4-2-9-10-12/h1-4H,5-6H2,(H,8,13). The van der Waals surface area contributed by atoms with E-state index in [2.05, 4.69) is 15.3 Å². The Morgan fingerprint density at radius 2 is 2.31 bits per heavy atom. The summed E-state index contributed by atoms with van der Waals surface area (Å²) in [6, 6.07) is 0. The van der Waals surface area contributed by atoms with Crippen LogP contribution < -0.4 is 5.69 Å². The van der Waals surface area contributed by atoms with Gasteiger partial charge >= 0.3 is 5.69 Å². The number of nitrogens with one attached hydrogen (secondary N) is 1. The van der Waals surface area contributed by atoms with Gasteiger partial charge in [0.1, 0.15) is 0 Å². The summed E-state index contributed by atoms with van der Waals surface area (Å²) in [7, 11) is 0. The molecule has 0 unspecified atom stereocenters. The van der Waals surface area contributed by atoms with Crippen molar-refractivity contribution in [3.63, 3.8) is 0 Å². The summed E-state index contributed by atoms with van der Waals surface area (Å²) < 4.78 is 3.26. The highest BCUT2D eigenvalue weighted by atomic mass is 16.1. The van der Waals surface area contributed by atoms with Crippen molar-refractivity contribution in [3.05, 3.63) is 35.3 Å². The monoisotopic (exact) mass is 179 g/mol. The van der Waals surface area contributed by atoms with Gasteiger partial charge in [-0.3, -0.25) is 9.25 Å². The second kappa shape index (κ2) is 3.26. The van der Waals surface area contributed by atoms with Crippen molar-refractivity contribution in [1.29, 1.82) is 0 Å². The van der Waals surface area contributed by atoms with E-state index in [1.807, 2.05) is 0 Å². The number of hydrogen-bond donors (Lipinski definition) is 1. The van der Waals surface area contributed by atoms with Crippen LogP contribution in [0.5, 0.6) is 0 Å². The van der Waals surface area contributed by atoms with Crippen molar-refractivity contribution in [3.8, 4) is 0 Å². The summed E-state index contributed by atoms with van der Waals surface area (Å²) in [4.78, 5) is 13.6. The Kier molecular flexibility index (Phi) is 1.95. The highest BCUT2D eigenvalue weighted by molar-refractivity contribution is 4.75. The topological polar surface area (TPSA) is 68.5 Å². The van der Waals surface area contributed by atoms with Gasteiger partial charge in [0.25, 0.3) is 0 Å². The minimum absolute atomic E-state index is 0.0971. The third-order valence-corrected chi connectivity index (χ3v) is 1.76. The van der Waals surface area contributed by atoms with Crippen molar-refractivity contribution in [1.82, 2.24) is 24.5 Å². The van der Waals surface area contributed by atoms with Crippen LogP contribution in [0.25, 0.3) is 0 Å². The Morgan fingerprint density at radius 3 is 2.92 bits per heavy atom. The number of rotatable bonds is 3. The first kappa shape index (κ1) is 7.78. The van der Waals surface area contributed by atoms with Gasteiger partial charge in [-0.25, -0.2) is 4.79 Å². The predicted octanol–water partition coefficient (Wildman–Crippen LogP) is -0.532. The summed E-state index contributed by atoms with van der Waals surface area (Å²) in [6.45, 7) is 1.25. The maximum absolute atomic E-state index is 11.0. The maximum atomic E-state index is 11.0. The second-order valence-electron chi connectivity index (χ2n) is 2.62. The summed E-state index contributed by atoms with van der Waals surface area (Å²) in [5.41, 5.74) is -0.0971. The second-order valence-corrected chi connectivity index (χ2v) is 2.62. The van der Waals surface area contributed by atoms with Gasteiger partial charge in [0.2, 0.25) is 0 Å². The van der Waals surface area contributed by atoms with E-state index in [4.69, 9.17) is 0 Å². The van der Waals surface area contributed by atoms with Crippen molar-refractivity contribution < 1.29 is 0 Å². The zero-order valence-electron chi connectivity index (χ0n) is 6.92. The van der Waals surface area contributed by atoms with E-state index in [1.54, 1.807) is 34.0 Å². The van der Waals surface area contributed by atoms with E-state index in [-0.39, 0.29) is 5.69 Å². The molecule has 6 nitrogen and oxygen atoms in total. The number of aromatic amines is 1. The highest BCUT2D eigenvalue weighted by Crippen LogP contribution is 1.85. The normalized spacial score (nSPS) is 10.5. The van der Waals surface area contributed by atoms with E-state index >= 15 is 0 Å². The van der Waals surface area contributed by atoms with Crippen LogP contribution in [-0.4, -0.2) is 24.5 Å². The molecule has 0 aliphatic heterocycles. The fraction of sp³-hybridized carbons (Fsp3) is 0.286. The Bertz CT molecular complexity index is 412. The third-order valence-electron chi connectivity index (χ3n) is 1.76. The van der Waals surface area contributed by atoms with Gasteiger partial charge in [-0.1, -0.05) is 5.21 Å². The van der Waals surface area contributed by atoms with Crippen LogP contribution in [0, 0.1) is 0 Å². The first-order chi connectivity index (χ1) is 6.36. The molecule has 0 spiro atoms. The lowest BCUT2D eigenvalue weighted by molar-refractivity contribution is 0.511. The van der Waals surface area contributed by atoms with Crippen LogP contribution in [0.2, 0.25) is 0 Å². The predicted molar refractivity (Wildman–Crippen MR) is 45.1 cm³/mol. The molecule has 2 aromatic rings. The smallest absolute Gasteiger partial charge is 0.313 e. The number of aromatic nitrogens is 5. The molecule has 0 fully saturated rings.